The zero-order chi connectivity index (χ0) is 7.84. The monoisotopic (exact) mass is 165 g/mol. The summed E-state index contributed by atoms with van der Waals surface area (Å²) in [5.74, 6) is 0. The second-order valence-corrected chi connectivity index (χ2v) is 3.06. The van der Waals surface area contributed by atoms with Crippen LogP contribution in [0.1, 0.15) is 5.56 Å². The van der Waals surface area contributed by atoms with E-state index < -0.39 is 0 Å². The summed E-state index contributed by atoms with van der Waals surface area (Å²) in [6, 6.07) is 8.07. The average Bonchev–Trinajstić information content (AvgIpc) is 2.31. The standard InChI is InChI=1S/C9H8ClN/c1-6-3-2-4-8-7(6)5-9(10)11-8/h2-5,11H,1H3. The summed E-state index contributed by atoms with van der Waals surface area (Å²) in [5, 5.41) is 1.91. The third kappa shape index (κ3) is 1.02. The van der Waals surface area contributed by atoms with Crippen molar-refractivity contribution in [2.75, 3.05) is 0 Å². The number of H-pyrrole nitrogens is 1. The molecule has 11 heavy (non-hydrogen) atoms. The van der Waals surface area contributed by atoms with Crippen LogP contribution < -0.4 is 0 Å². The molecule has 0 spiro atoms. The van der Waals surface area contributed by atoms with Crippen molar-refractivity contribution in [3.63, 3.8) is 0 Å². The van der Waals surface area contributed by atoms with Gasteiger partial charge in [-0.2, -0.15) is 0 Å². The van der Waals surface area contributed by atoms with E-state index in [1.165, 1.54) is 10.9 Å². The van der Waals surface area contributed by atoms with E-state index in [0.717, 1.165) is 5.52 Å². The molecule has 0 saturated heterocycles. The van der Waals surface area contributed by atoms with Crippen molar-refractivity contribution >= 4 is 22.5 Å². The molecule has 2 heteroatoms. The van der Waals surface area contributed by atoms with Crippen LogP contribution in [-0.2, 0) is 0 Å². The smallest absolute Gasteiger partial charge is 0.107 e. The van der Waals surface area contributed by atoms with Crippen LogP contribution in [0.2, 0.25) is 5.15 Å². The summed E-state index contributed by atoms with van der Waals surface area (Å²) >= 11 is 5.80. The van der Waals surface area contributed by atoms with E-state index >= 15 is 0 Å². The van der Waals surface area contributed by atoms with Crippen molar-refractivity contribution in [3.8, 4) is 0 Å². The third-order valence-electron chi connectivity index (χ3n) is 1.85. The molecule has 0 bridgehead atoms. The fourth-order valence-electron chi connectivity index (χ4n) is 1.27. The van der Waals surface area contributed by atoms with E-state index in [4.69, 9.17) is 11.6 Å². The van der Waals surface area contributed by atoms with E-state index in [0.29, 0.717) is 5.15 Å². The van der Waals surface area contributed by atoms with Gasteiger partial charge in [-0.15, -0.1) is 0 Å². The molecule has 0 amide bonds. The van der Waals surface area contributed by atoms with Crippen molar-refractivity contribution in [3.05, 3.63) is 35.0 Å². The molecular formula is C9H8ClN. The van der Waals surface area contributed by atoms with Gasteiger partial charge in [-0.3, -0.25) is 0 Å². The molecule has 1 aromatic heterocycles. The summed E-state index contributed by atoms with van der Waals surface area (Å²) in [7, 11) is 0. The number of hydrogen-bond acceptors (Lipinski definition) is 0. The number of hydrogen-bond donors (Lipinski definition) is 1. The van der Waals surface area contributed by atoms with Crippen molar-refractivity contribution in [2.24, 2.45) is 0 Å². The molecule has 0 aliphatic rings. The molecule has 0 radical (unpaired) electrons. The lowest BCUT2D eigenvalue weighted by Gasteiger charge is -1.91. The molecular weight excluding hydrogens is 158 g/mol. The van der Waals surface area contributed by atoms with Crippen LogP contribution in [0.25, 0.3) is 10.9 Å². The molecule has 1 aromatic carbocycles. The van der Waals surface area contributed by atoms with Crippen LogP contribution >= 0.6 is 11.6 Å². The molecule has 2 aromatic rings. The summed E-state index contributed by atoms with van der Waals surface area (Å²) < 4.78 is 0. The quantitative estimate of drug-likeness (QED) is 0.618. The zero-order valence-corrected chi connectivity index (χ0v) is 6.94. The lowest BCUT2D eigenvalue weighted by molar-refractivity contribution is 1.47. The second kappa shape index (κ2) is 2.28. The first-order valence-electron chi connectivity index (χ1n) is 3.51. The Morgan fingerprint density at radius 3 is 2.91 bits per heavy atom. The largest absolute Gasteiger partial charge is 0.346 e. The SMILES string of the molecule is Cc1cccc2[nH]c(Cl)cc12. The highest BCUT2D eigenvalue weighted by molar-refractivity contribution is 6.30. The predicted molar refractivity (Wildman–Crippen MR) is 48.0 cm³/mol. The van der Waals surface area contributed by atoms with Crippen molar-refractivity contribution in [2.45, 2.75) is 6.92 Å². The van der Waals surface area contributed by atoms with Crippen molar-refractivity contribution in [1.29, 1.82) is 0 Å². The zero-order valence-electron chi connectivity index (χ0n) is 6.19. The van der Waals surface area contributed by atoms with Crippen LogP contribution in [0.3, 0.4) is 0 Å². The van der Waals surface area contributed by atoms with Gasteiger partial charge in [-0.25, -0.2) is 0 Å². The Morgan fingerprint density at radius 2 is 2.18 bits per heavy atom. The fraction of sp³-hybridized carbons (Fsp3) is 0.111. The van der Waals surface area contributed by atoms with Crippen molar-refractivity contribution in [1.82, 2.24) is 4.98 Å². The van der Waals surface area contributed by atoms with Gasteiger partial charge < -0.3 is 4.98 Å². The molecule has 0 saturated carbocycles. The Bertz CT molecular complexity index is 389. The van der Waals surface area contributed by atoms with Crippen LogP contribution in [-0.4, -0.2) is 4.98 Å². The van der Waals surface area contributed by atoms with Gasteiger partial charge in [0.1, 0.15) is 5.15 Å². The van der Waals surface area contributed by atoms with Crippen LogP contribution in [0.5, 0.6) is 0 Å². The first-order valence-corrected chi connectivity index (χ1v) is 3.89. The molecule has 2 rings (SSSR count). The Morgan fingerprint density at radius 1 is 1.36 bits per heavy atom. The predicted octanol–water partition coefficient (Wildman–Crippen LogP) is 3.13. The number of aryl methyl sites for hydroxylation is 1. The molecule has 1 N–H and O–H groups in total. The Kier molecular flexibility index (Phi) is 1.40. The minimum atomic E-state index is 0.703. The molecule has 0 aliphatic heterocycles. The Labute approximate surface area is 70.0 Å². The number of aromatic amines is 1. The third-order valence-corrected chi connectivity index (χ3v) is 2.05. The summed E-state index contributed by atoms with van der Waals surface area (Å²) in [6.45, 7) is 2.08. The average molecular weight is 166 g/mol. The van der Waals surface area contributed by atoms with Gasteiger partial charge in [0, 0.05) is 10.9 Å². The highest BCUT2D eigenvalue weighted by atomic mass is 35.5. The molecule has 56 valence electrons. The summed E-state index contributed by atoms with van der Waals surface area (Å²) in [5.41, 5.74) is 2.36. The van der Waals surface area contributed by atoms with E-state index in [1.54, 1.807) is 0 Å². The van der Waals surface area contributed by atoms with E-state index in [1.807, 2.05) is 18.2 Å². The van der Waals surface area contributed by atoms with Crippen LogP contribution in [0, 0.1) is 6.92 Å². The molecule has 0 fully saturated rings. The highest BCUT2D eigenvalue weighted by Crippen LogP contribution is 2.21. The van der Waals surface area contributed by atoms with Crippen molar-refractivity contribution < 1.29 is 0 Å². The maximum atomic E-state index is 5.80. The van der Waals surface area contributed by atoms with E-state index in [9.17, 15) is 0 Å². The maximum Gasteiger partial charge on any atom is 0.107 e. The number of benzene rings is 1. The minimum absolute atomic E-state index is 0.703. The van der Waals surface area contributed by atoms with Gasteiger partial charge in [0.25, 0.3) is 0 Å². The Balaban J connectivity index is 2.90. The lowest BCUT2D eigenvalue weighted by Crippen LogP contribution is -1.71. The van der Waals surface area contributed by atoms with Gasteiger partial charge >= 0.3 is 0 Å². The van der Waals surface area contributed by atoms with E-state index in [2.05, 4.69) is 18.0 Å². The van der Waals surface area contributed by atoms with Crippen LogP contribution in [0.4, 0.5) is 0 Å². The number of nitrogens with one attached hydrogen (secondary N) is 1. The normalized spacial score (nSPS) is 10.7. The van der Waals surface area contributed by atoms with Gasteiger partial charge in [-0.05, 0) is 24.6 Å². The minimum Gasteiger partial charge on any atom is -0.346 e. The number of rotatable bonds is 0. The molecule has 1 nitrogen and oxygen atoms in total. The maximum absolute atomic E-state index is 5.80. The van der Waals surface area contributed by atoms with Gasteiger partial charge in [-0.1, -0.05) is 23.7 Å². The Hall–Kier alpha value is -0.950. The fourth-order valence-corrected chi connectivity index (χ4v) is 1.48. The number of fused-ring (bicyclic) bond motifs is 1. The van der Waals surface area contributed by atoms with Crippen LogP contribution in [0.15, 0.2) is 24.3 Å². The number of halogens is 1. The second-order valence-electron chi connectivity index (χ2n) is 2.65. The van der Waals surface area contributed by atoms with Gasteiger partial charge in [0.2, 0.25) is 0 Å². The van der Waals surface area contributed by atoms with Gasteiger partial charge in [0.15, 0.2) is 0 Å². The highest BCUT2D eigenvalue weighted by Gasteiger charge is 1.98. The molecule has 1 heterocycles. The molecule has 0 unspecified atom stereocenters. The van der Waals surface area contributed by atoms with E-state index in [-0.39, 0.29) is 0 Å². The molecule has 0 atom stereocenters. The first kappa shape index (κ1) is 6.74. The summed E-state index contributed by atoms with van der Waals surface area (Å²) in [4.78, 5) is 3.06. The lowest BCUT2D eigenvalue weighted by atomic mass is 10.1. The number of aromatic nitrogens is 1. The molecule has 0 aliphatic carbocycles. The first-order chi connectivity index (χ1) is 5.27. The topological polar surface area (TPSA) is 15.8 Å². The van der Waals surface area contributed by atoms with Gasteiger partial charge in [0.05, 0.1) is 0 Å². The summed E-state index contributed by atoms with van der Waals surface area (Å²) in [6.07, 6.45) is 0.